The van der Waals surface area contributed by atoms with E-state index in [0.29, 0.717) is 0 Å². The first-order valence-electron chi connectivity index (χ1n) is 10.1. The lowest BCUT2D eigenvalue weighted by atomic mass is 10.1. The van der Waals surface area contributed by atoms with Gasteiger partial charge in [-0.1, -0.05) is 96.1 Å². The normalized spacial score (nSPS) is 9.85. The Morgan fingerprint density at radius 1 is 0.519 bits per heavy atom. The number of hydrogen-bond acceptors (Lipinski definition) is 1. The number of imidazole rings is 1. The summed E-state index contributed by atoms with van der Waals surface area (Å²) in [5.41, 5.74) is 4.44. The molecule has 0 fully saturated rings. The first kappa shape index (κ1) is 20.4. The third kappa shape index (κ3) is 3.52. The van der Waals surface area contributed by atoms with E-state index >= 15 is 0 Å². The number of nitrogens with zero attached hydrogens (tertiary/aromatic N) is 2. The molecule has 0 saturated carbocycles. The van der Waals surface area contributed by atoms with Gasteiger partial charge in [-0.3, -0.25) is 4.40 Å². The largest absolute Gasteiger partial charge is 0.292 e. The van der Waals surface area contributed by atoms with Crippen LogP contribution in [0.5, 0.6) is 0 Å². The maximum Gasteiger partial charge on any atom is 0.146 e. The SMILES string of the molecule is CC.CC.CC.c1ccc2c(c1)nc1c3ccccc3c3ccccc3n21. The molecule has 0 spiro atoms. The Morgan fingerprint density at radius 3 is 1.67 bits per heavy atom. The molecule has 0 atom stereocenters. The third-order valence-electron chi connectivity index (χ3n) is 4.16. The smallest absolute Gasteiger partial charge is 0.146 e. The zero-order chi connectivity index (χ0) is 19.8. The molecule has 2 heteroatoms. The van der Waals surface area contributed by atoms with E-state index in [9.17, 15) is 0 Å². The van der Waals surface area contributed by atoms with Crippen molar-refractivity contribution in [3.8, 4) is 0 Å². The second-order valence-electron chi connectivity index (χ2n) is 5.32. The van der Waals surface area contributed by atoms with Crippen molar-refractivity contribution in [2.24, 2.45) is 0 Å². The molecule has 27 heavy (non-hydrogen) atoms. The van der Waals surface area contributed by atoms with Crippen LogP contribution in [0.2, 0.25) is 0 Å². The average Bonchev–Trinajstić information content (AvgIpc) is 3.18. The summed E-state index contributed by atoms with van der Waals surface area (Å²) < 4.78 is 2.27. The van der Waals surface area contributed by atoms with Gasteiger partial charge in [0.25, 0.3) is 0 Å². The molecular formula is C25H30N2. The number of benzene rings is 3. The van der Waals surface area contributed by atoms with E-state index in [2.05, 4.69) is 71.1 Å². The zero-order valence-electron chi connectivity index (χ0n) is 17.3. The third-order valence-corrected chi connectivity index (χ3v) is 4.16. The van der Waals surface area contributed by atoms with Crippen LogP contribution in [0.1, 0.15) is 41.5 Å². The molecule has 0 N–H and O–H groups in total. The van der Waals surface area contributed by atoms with Crippen LogP contribution in [0.4, 0.5) is 0 Å². The second kappa shape index (κ2) is 9.72. The molecule has 5 aromatic rings. The predicted octanol–water partition coefficient (Wildman–Crippen LogP) is 7.87. The van der Waals surface area contributed by atoms with Crippen molar-refractivity contribution in [2.75, 3.05) is 0 Å². The number of fused-ring (bicyclic) bond motifs is 8. The Balaban J connectivity index is 0.000000400. The molecular weight excluding hydrogens is 328 g/mol. The Kier molecular flexibility index (Phi) is 7.36. The van der Waals surface area contributed by atoms with Gasteiger partial charge in [-0.2, -0.15) is 0 Å². The summed E-state index contributed by atoms with van der Waals surface area (Å²) in [4.78, 5) is 4.86. The minimum absolute atomic E-state index is 1.03. The molecule has 0 aliphatic rings. The van der Waals surface area contributed by atoms with Crippen LogP contribution in [0.15, 0.2) is 72.8 Å². The minimum atomic E-state index is 1.03. The number of rotatable bonds is 0. The molecule has 0 aliphatic heterocycles. The number of para-hydroxylation sites is 3. The van der Waals surface area contributed by atoms with Crippen LogP contribution >= 0.6 is 0 Å². The summed E-state index contributed by atoms with van der Waals surface area (Å²) in [6.45, 7) is 12.0. The van der Waals surface area contributed by atoms with Gasteiger partial charge in [0, 0.05) is 10.8 Å². The van der Waals surface area contributed by atoms with Crippen molar-refractivity contribution in [1.29, 1.82) is 0 Å². The van der Waals surface area contributed by atoms with E-state index in [1.165, 1.54) is 21.7 Å². The molecule has 3 aromatic carbocycles. The molecule has 0 saturated heterocycles. The van der Waals surface area contributed by atoms with Gasteiger partial charge in [0.2, 0.25) is 0 Å². The number of aromatic nitrogens is 2. The molecule has 0 aliphatic carbocycles. The molecule has 0 radical (unpaired) electrons. The summed E-state index contributed by atoms with van der Waals surface area (Å²) in [7, 11) is 0. The van der Waals surface area contributed by atoms with Crippen molar-refractivity contribution < 1.29 is 0 Å². The van der Waals surface area contributed by atoms with Crippen molar-refractivity contribution in [3.05, 3.63) is 72.8 Å². The van der Waals surface area contributed by atoms with Crippen LogP contribution in [-0.4, -0.2) is 9.38 Å². The van der Waals surface area contributed by atoms with Crippen LogP contribution in [0, 0.1) is 0 Å². The Labute approximate surface area is 162 Å². The lowest BCUT2D eigenvalue weighted by molar-refractivity contribution is 1.31. The monoisotopic (exact) mass is 358 g/mol. The quantitative estimate of drug-likeness (QED) is 0.257. The van der Waals surface area contributed by atoms with Crippen molar-refractivity contribution in [1.82, 2.24) is 9.38 Å². The standard InChI is InChI=1S/C19H12N2.3C2H6/c1-2-9-15-13(7-1)14-8-3-5-11-17(14)21-18-12-6-4-10-16(18)20-19(15)21;3*1-2/h1-12H;3*1-2H3. The summed E-state index contributed by atoms with van der Waals surface area (Å²) in [6.07, 6.45) is 0. The lowest BCUT2D eigenvalue weighted by Gasteiger charge is -2.08. The van der Waals surface area contributed by atoms with Crippen LogP contribution in [-0.2, 0) is 0 Å². The molecule has 0 amide bonds. The topological polar surface area (TPSA) is 17.3 Å². The second-order valence-corrected chi connectivity index (χ2v) is 5.32. The Hall–Kier alpha value is -2.87. The first-order chi connectivity index (χ1) is 13.4. The van der Waals surface area contributed by atoms with E-state index in [1.807, 2.05) is 47.6 Å². The predicted molar refractivity (Wildman–Crippen MR) is 122 cm³/mol. The minimum Gasteiger partial charge on any atom is -0.292 e. The van der Waals surface area contributed by atoms with E-state index in [-0.39, 0.29) is 0 Å². The fraction of sp³-hybridized carbons (Fsp3) is 0.240. The van der Waals surface area contributed by atoms with Crippen LogP contribution in [0.3, 0.4) is 0 Å². The highest BCUT2D eigenvalue weighted by Gasteiger charge is 2.12. The summed E-state index contributed by atoms with van der Waals surface area (Å²) >= 11 is 0. The van der Waals surface area contributed by atoms with E-state index in [0.717, 1.165) is 16.7 Å². The van der Waals surface area contributed by atoms with Gasteiger partial charge in [0.15, 0.2) is 0 Å². The molecule has 2 heterocycles. The zero-order valence-corrected chi connectivity index (χ0v) is 17.3. The number of hydrogen-bond donors (Lipinski definition) is 0. The van der Waals surface area contributed by atoms with Gasteiger partial charge in [0.05, 0.1) is 16.6 Å². The maximum absolute atomic E-state index is 4.86. The summed E-state index contributed by atoms with van der Waals surface area (Å²) in [6, 6.07) is 25.4. The van der Waals surface area contributed by atoms with E-state index in [4.69, 9.17) is 4.98 Å². The van der Waals surface area contributed by atoms with Crippen molar-refractivity contribution in [2.45, 2.75) is 41.5 Å². The molecule has 0 bridgehead atoms. The first-order valence-corrected chi connectivity index (χ1v) is 10.1. The molecule has 140 valence electrons. The fourth-order valence-corrected chi connectivity index (χ4v) is 3.26. The highest BCUT2D eigenvalue weighted by molar-refractivity contribution is 6.13. The van der Waals surface area contributed by atoms with Gasteiger partial charge < -0.3 is 0 Å². The highest BCUT2D eigenvalue weighted by Crippen LogP contribution is 2.31. The fourth-order valence-electron chi connectivity index (χ4n) is 3.26. The summed E-state index contributed by atoms with van der Waals surface area (Å²) in [5.74, 6) is 0. The van der Waals surface area contributed by atoms with Gasteiger partial charge in [-0.25, -0.2) is 4.98 Å². The van der Waals surface area contributed by atoms with Crippen molar-refractivity contribution in [3.63, 3.8) is 0 Å². The average molecular weight is 359 g/mol. The Bertz CT molecular complexity index is 1140. The van der Waals surface area contributed by atoms with Gasteiger partial charge in [-0.05, 0) is 23.6 Å². The maximum atomic E-state index is 4.86. The Morgan fingerprint density at radius 2 is 1.00 bits per heavy atom. The molecule has 5 rings (SSSR count). The van der Waals surface area contributed by atoms with Gasteiger partial charge in [0.1, 0.15) is 5.65 Å². The number of pyridine rings is 1. The van der Waals surface area contributed by atoms with E-state index < -0.39 is 0 Å². The van der Waals surface area contributed by atoms with Gasteiger partial charge >= 0.3 is 0 Å². The van der Waals surface area contributed by atoms with Crippen LogP contribution in [0.25, 0.3) is 38.4 Å². The van der Waals surface area contributed by atoms with Crippen LogP contribution < -0.4 is 0 Å². The van der Waals surface area contributed by atoms with Gasteiger partial charge in [-0.15, -0.1) is 0 Å². The van der Waals surface area contributed by atoms with Crippen molar-refractivity contribution >= 4 is 38.4 Å². The summed E-state index contributed by atoms with van der Waals surface area (Å²) in [5, 5.41) is 3.73. The molecule has 2 nitrogen and oxygen atoms in total. The van der Waals surface area contributed by atoms with E-state index in [1.54, 1.807) is 0 Å². The molecule has 2 aromatic heterocycles. The molecule has 0 unspecified atom stereocenters. The lowest BCUT2D eigenvalue weighted by Crippen LogP contribution is -1.90. The highest BCUT2D eigenvalue weighted by atomic mass is 15.0.